The molecule has 0 aliphatic carbocycles. The molecule has 0 atom stereocenters. The molecule has 106 valence electrons. The molecule has 0 saturated heterocycles. The fraction of sp³-hybridized carbons (Fsp3) is 0.500. The van der Waals surface area contributed by atoms with E-state index >= 15 is 0 Å². The first kappa shape index (κ1) is 16.0. The van der Waals surface area contributed by atoms with Crippen LogP contribution in [0.4, 0.5) is 4.39 Å². The number of hydrogen-bond donors (Lipinski definition) is 1. The zero-order chi connectivity index (χ0) is 14.5. The maximum absolute atomic E-state index is 13.4. The minimum Gasteiger partial charge on any atom is -0.389 e. The summed E-state index contributed by atoms with van der Waals surface area (Å²) in [5.41, 5.74) is 6.35. The third kappa shape index (κ3) is 6.09. The summed E-state index contributed by atoms with van der Waals surface area (Å²) in [7, 11) is 0. The van der Waals surface area contributed by atoms with Gasteiger partial charge in [0.25, 0.3) is 0 Å². The Kier molecular flexibility index (Phi) is 5.85. The normalized spacial score (nSPS) is 11.6. The van der Waals surface area contributed by atoms with E-state index in [0.29, 0.717) is 19.8 Å². The van der Waals surface area contributed by atoms with Gasteiger partial charge in [-0.2, -0.15) is 0 Å². The van der Waals surface area contributed by atoms with Crippen LogP contribution in [0, 0.1) is 5.82 Å². The molecule has 19 heavy (non-hydrogen) atoms. The van der Waals surface area contributed by atoms with Crippen molar-refractivity contribution in [3.8, 4) is 0 Å². The number of thiocarbonyl (C=S) groups is 1. The van der Waals surface area contributed by atoms with Crippen LogP contribution < -0.4 is 5.73 Å². The molecule has 0 amide bonds. The maximum Gasteiger partial charge on any atom is 0.133 e. The Hall–Kier alpha value is -1.04. The Morgan fingerprint density at radius 1 is 1.32 bits per heavy atom. The van der Waals surface area contributed by atoms with Crippen LogP contribution in [0.15, 0.2) is 18.2 Å². The highest BCUT2D eigenvalue weighted by molar-refractivity contribution is 7.80. The van der Waals surface area contributed by atoms with Gasteiger partial charge in [-0.15, -0.1) is 0 Å². The Bertz CT molecular complexity index is 444. The van der Waals surface area contributed by atoms with Crippen molar-refractivity contribution < 1.29 is 13.9 Å². The fourth-order valence-electron chi connectivity index (χ4n) is 1.45. The van der Waals surface area contributed by atoms with Gasteiger partial charge in [-0.3, -0.25) is 0 Å². The van der Waals surface area contributed by atoms with Crippen molar-refractivity contribution in [2.75, 3.05) is 13.2 Å². The molecule has 0 heterocycles. The van der Waals surface area contributed by atoms with E-state index in [1.54, 1.807) is 12.1 Å². The van der Waals surface area contributed by atoms with E-state index in [-0.39, 0.29) is 16.2 Å². The number of ether oxygens (including phenoxy) is 2. The van der Waals surface area contributed by atoms with Gasteiger partial charge in [-0.05, 0) is 38.5 Å². The second-order valence-corrected chi connectivity index (χ2v) is 5.63. The lowest BCUT2D eigenvalue weighted by Gasteiger charge is -2.19. The molecule has 3 nitrogen and oxygen atoms in total. The molecule has 1 aromatic carbocycles. The summed E-state index contributed by atoms with van der Waals surface area (Å²) < 4.78 is 24.3. The highest BCUT2D eigenvalue weighted by atomic mass is 32.1. The minimum atomic E-state index is -0.410. The number of benzene rings is 1. The number of rotatable bonds is 6. The van der Waals surface area contributed by atoms with Gasteiger partial charge in [0.1, 0.15) is 10.8 Å². The average Bonchev–Trinajstić information content (AvgIpc) is 2.29. The Morgan fingerprint density at radius 2 is 2.00 bits per heavy atom. The Balaban J connectivity index is 2.42. The van der Waals surface area contributed by atoms with Crippen LogP contribution in [0.2, 0.25) is 0 Å². The van der Waals surface area contributed by atoms with Gasteiger partial charge in [0.05, 0.1) is 25.4 Å². The molecule has 0 aromatic heterocycles. The second-order valence-electron chi connectivity index (χ2n) is 5.19. The summed E-state index contributed by atoms with van der Waals surface area (Å²) >= 11 is 4.78. The van der Waals surface area contributed by atoms with E-state index in [2.05, 4.69) is 0 Å². The van der Waals surface area contributed by atoms with Crippen LogP contribution in [0.3, 0.4) is 0 Å². The van der Waals surface area contributed by atoms with Crippen LogP contribution in [0.1, 0.15) is 31.9 Å². The molecule has 0 spiro atoms. The lowest BCUT2D eigenvalue weighted by atomic mass is 10.1. The molecular weight excluding hydrogens is 265 g/mol. The van der Waals surface area contributed by atoms with E-state index in [4.69, 9.17) is 27.4 Å². The van der Waals surface area contributed by atoms with Crippen LogP contribution in [-0.4, -0.2) is 23.8 Å². The average molecular weight is 285 g/mol. The van der Waals surface area contributed by atoms with Gasteiger partial charge >= 0.3 is 0 Å². The van der Waals surface area contributed by atoms with Crippen molar-refractivity contribution >= 4 is 17.2 Å². The first-order chi connectivity index (χ1) is 8.79. The minimum absolute atomic E-state index is 0.0513. The van der Waals surface area contributed by atoms with E-state index in [1.807, 2.05) is 20.8 Å². The molecule has 0 bridgehead atoms. The van der Waals surface area contributed by atoms with E-state index < -0.39 is 5.82 Å². The molecule has 0 aliphatic rings. The second kappa shape index (κ2) is 6.93. The topological polar surface area (TPSA) is 44.5 Å². The monoisotopic (exact) mass is 285 g/mol. The van der Waals surface area contributed by atoms with Gasteiger partial charge in [0.15, 0.2) is 0 Å². The van der Waals surface area contributed by atoms with Crippen molar-refractivity contribution in [2.24, 2.45) is 5.73 Å². The maximum atomic E-state index is 13.4. The summed E-state index contributed by atoms with van der Waals surface area (Å²) in [4.78, 5) is 0.0513. The van der Waals surface area contributed by atoms with Crippen LogP contribution in [0.5, 0.6) is 0 Å². The number of hydrogen-bond acceptors (Lipinski definition) is 3. The third-order valence-corrected chi connectivity index (χ3v) is 2.55. The Labute approximate surface area is 118 Å². The van der Waals surface area contributed by atoms with Crippen molar-refractivity contribution in [1.29, 1.82) is 0 Å². The lowest BCUT2D eigenvalue weighted by molar-refractivity contribution is -0.0376. The van der Waals surface area contributed by atoms with Crippen LogP contribution in [0.25, 0.3) is 0 Å². The van der Waals surface area contributed by atoms with Crippen molar-refractivity contribution in [3.05, 3.63) is 35.1 Å². The SMILES string of the molecule is CC(C)(C)OCCOCc1ccc(F)c(C(N)=S)c1. The summed E-state index contributed by atoms with van der Waals surface area (Å²) in [6.07, 6.45) is 0. The first-order valence-corrected chi connectivity index (χ1v) is 6.50. The first-order valence-electron chi connectivity index (χ1n) is 6.09. The number of nitrogens with two attached hydrogens (primary N) is 1. The highest BCUT2D eigenvalue weighted by Crippen LogP contribution is 2.12. The molecule has 2 N–H and O–H groups in total. The summed E-state index contributed by atoms with van der Waals surface area (Å²) in [6.45, 7) is 7.34. The van der Waals surface area contributed by atoms with E-state index in [9.17, 15) is 4.39 Å². The largest absolute Gasteiger partial charge is 0.389 e. The summed E-state index contributed by atoms with van der Waals surface area (Å²) in [5, 5.41) is 0. The summed E-state index contributed by atoms with van der Waals surface area (Å²) in [5.74, 6) is -0.410. The highest BCUT2D eigenvalue weighted by Gasteiger charge is 2.09. The number of halogens is 1. The van der Waals surface area contributed by atoms with Gasteiger partial charge in [-0.1, -0.05) is 18.3 Å². The third-order valence-electron chi connectivity index (χ3n) is 2.33. The van der Waals surface area contributed by atoms with Crippen LogP contribution >= 0.6 is 12.2 Å². The van der Waals surface area contributed by atoms with Gasteiger partial charge in [0.2, 0.25) is 0 Å². The smallest absolute Gasteiger partial charge is 0.133 e. The van der Waals surface area contributed by atoms with E-state index in [0.717, 1.165) is 5.56 Å². The zero-order valence-electron chi connectivity index (χ0n) is 11.5. The zero-order valence-corrected chi connectivity index (χ0v) is 12.3. The van der Waals surface area contributed by atoms with Gasteiger partial charge in [0, 0.05) is 5.56 Å². The van der Waals surface area contributed by atoms with Crippen molar-refractivity contribution in [3.63, 3.8) is 0 Å². The molecule has 1 rings (SSSR count). The fourth-order valence-corrected chi connectivity index (χ4v) is 1.60. The van der Waals surface area contributed by atoms with Crippen molar-refractivity contribution in [2.45, 2.75) is 33.0 Å². The molecule has 1 aromatic rings. The standard InChI is InChI=1S/C14H20FNO2S/c1-14(2,3)18-7-6-17-9-10-4-5-12(15)11(8-10)13(16)19/h4-5,8H,6-7,9H2,1-3H3,(H2,16,19). The van der Waals surface area contributed by atoms with Crippen molar-refractivity contribution in [1.82, 2.24) is 0 Å². The van der Waals surface area contributed by atoms with Crippen LogP contribution in [-0.2, 0) is 16.1 Å². The lowest BCUT2D eigenvalue weighted by Crippen LogP contribution is -2.21. The summed E-state index contributed by atoms with van der Waals surface area (Å²) in [6, 6.07) is 4.61. The van der Waals surface area contributed by atoms with E-state index in [1.165, 1.54) is 6.07 Å². The predicted octanol–water partition coefficient (Wildman–Crippen LogP) is 2.79. The molecular formula is C14H20FNO2S. The Morgan fingerprint density at radius 3 is 2.58 bits per heavy atom. The predicted molar refractivity (Wildman–Crippen MR) is 77.6 cm³/mol. The van der Waals surface area contributed by atoms with Gasteiger partial charge < -0.3 is 15.2 Å². The van der Waals surface area contributed by atoms with Gasteiger partial charge in [-0.25, -0.2) is 4.39 Å². The quantitative estimate of drug-likeness (QED) is 0.645. The molecule has 0 aliphatic heterocycles. The molecule has 0 unspecified atom stereocenters. The molecule has 0 fully saturated rings. The molecule has 0 saturated carbocycles. The molecule has 5 heteroatoms. The molecule has 0 radical (unpaired) electrons.